The van der Waals surface area contributed by atoms with Gasteiger partial charge in [0.2, 0.25) is 0 Å². The van der Waals surface area contributed by atoms with E-state index in [4.69, 9.17) is 0 Å². The Morgan fingerprint density at radius 3 is 1.96 bits per heavy atom. The van der Waals surface area contributed by atoms with Gasteiger partial charge in [-0.2, -0.15) is 0 Å². The van der Waals surface area contributed by atoms with Crippen LogP contribution >= 0.6 is 54.5 Å². The van der Waals surface area contributed by atoms with Gasteiger partial charge in [0.1, 0.15) is 17.2 Å². The summed E-state index contributed by atoms with van der Waals surface area (Å²) in [5.74, 6) is 4.56. The quantitative estimate of drug-likeness (QED) is 0.243. The normalized spacial score (nSPS) is 10.3. The highest BCUT2D eigenvalue weighted by molar-refractivity contribution is 14.1. The average molecular weight is 558 g/mol. The molecule has 0 aromatic heterocycles. The first-order valence-corrected chi connectivity index (χ1v) is 9.06. The summed E-state index contributed by atoms with van der Waals surface area (Å²) in [6.45, 7) is 3.10. The molecular formula is C17H13Br2F2IO. The van der Waals surface area contributed by atoms with Crippen LogP contribution in [0.25, 0.3) is 0 Å². The van der Waals surface area contributed by atoms with Crippen molar-refractivity contribution in [3.63, 3.8) is 0 Å². The Morgan fingerprint density at radius 1 is 1.00 bits per heavy atom. The summed E-state index contributed by atoms with van der Waals surface area (Å²) < 4.78 is 27.9. The van der Waals surface area contributed by atoms with Crippen molar-refractivity contribution in [2.45, 2.75) is 19.4 Å². The highest BCUT2D eigenvalue weighted by Gasteiger charge is 2.06. The SMILES string of the molecule is CC(C)(O)C#Cc1ccc(Br)cc1F.Fc1cc(Br)ccc1I. The topological polar surface area (TPSA) is 20.2 Å². The molecule has 0 spiro atoms. The predicted octanol–water partition coefficient (Wildman–Crippen LogP) is 5.90. The van der Waals surface area contributed by atoms with Crippen LogP contribution < -0.4 is 0 Å². The van der Waals surface area contributed by atoms with Gasteiger partial charge < -0.3 is 5.11 Å². The summed E-state index contributed by atoms with van der Waals surface area (Å²) in [5.41, 5.74) is -0.810. The second kappa shape index (κ2) is 9.11. The maximum absolute atomic E-state index is 13.2. The number of hydrogen-bond donors (Lipinski definition) is 1. The molecule has 2 rings (SSSR count). The van der Waals surface area contributed by atoms with Gasteiger partial charge in [-0.3, -0.25) is 0 Å². The molecule has 2 aromatic rings. The largest absolute Gasteiger partial charge is 0.378 e. The van der Waals surface area contributed by atoms with E-state index in [0.29, 0.717) is 8.04 Å². The van der Waals surface area contributed by atoms with Gasteiger partial charge in [0.15, 0.2) is 0 Å². The lowest BCUT2D eigenvalue weighted by molar-refractivity contribution is 0.143. The Labute approximate surface area is 164 Å². The predicted molar refractivity (Wildman–Crippen MR) is 104 cm³/mol. The smallest absolute Gasteiger partial charge is 0.139 e. The number of aliphatic hydroxyl groups is 1. The fraction of sp³-hybridized carbons (Fsp3) is 0.176. The molecule has 0 bridgehead atoms. The lowest BCUT2D eigenvalue weighted by Gasteiger charge is -2.06. The molecule has 0 heterocycles. The van der Waals surface area contributed by atoms with Gasteiger partial charge in [0.25, 0.3) is 0 Å². The third kappa shape index (κ3) is 8.25. The molecule has 0 aliphatic carbocycles. The van der Waals surface area contributed by atoms with Crippen LogP contribution in [-0.2, 0) is 0 Å². The molecule has 0 saturated carbocycles. The molecule has 122 valence electrons. The van der Waals surface area contributed by atoms with Crippen LogP contribution in [0.4, 0.5) is 8.78 Å². The third-order valence-electron chi connectivity index (χ3n) is 2.32. The molecule has 1 N–H and O–H groups in total. The molecule has 0 aliphatic rings. The Bertz CT molecular complexity index is 746. The van der Waals surface area contributed by atoms with Crippen molar-refractivity contribution in [1.82, 2.24) is 0 Å². The van der Waals surface area contributed by atoms with E-state index >= 15 is 0 Å². The summed E-state index contributed by atoms with van der Waals surface area (Å²) in [5, 5.41) is 9.32. The molecule has 0 atom stereocenters. The van der Waals surface area contributed by atoms with Crippen LogP contribution in [0.3, 0.4) is 0 Å². The van der Waals surface area contributed by atoms with Crippen molar-refractivity contribution >= 4 is 54.5 Å². The minimum atomic E-state index is -1.10. The molecule has 0 unspecified atom stereocenters. The second-order valence-electron chi connectivity index (χ2n) is 4.99. The van der Waals surface area contributed by atoms with Gasteiger partial charge in [-0.05, 0) is 72.8 Å². The minimum Gasteiger partial charge on any atom is -0.378 e. The highest BCUT2D eigenvalue weighted by Crippen LogP contribution is 2.16. The first kappa shape index (κ1) is 20.6. The van der Waals surface area contributed by atoms with Crippen LogP contribution in [-0.4, -0.2) is 10.7 Å². The van der Waals surface area contributed by atoms with Crippen LogP contribution in [0.2, 0.25) is 0 Å². The highest BCUT2D eigenvalue weighted by atomic mass is 127. The molecule has 0 amide bonds. The zero-order valence-corrected chi connectivity index (χ0v) is 17.6. The number of rotatable bonds is 0. The third-order valence-corrected chi connectivity index (χ3v) is 4.18. The molecule has 0 saturated heterocycles. The Kier molecular flexibility index (Phi) is 8.14. The summed E-state index contributed by atoms with van der Waals surface area (Å²) in [4.78, 5) is 0. The number of halogens is 5. The van der Waals surface area contributed by atoms with Gasteiger partial charge in [0, 0.05) is 12.5 Å². The number of benzene rings is 2. The maximum atomic E-state index is 13.2. The van der Waals surface area contributed by atoms with E-state index < -0.39 is 11.4 Å². The van der Waals surface area contributed by atoms with Gasteiger partial charge in [0.05, 0.1) is 5.56 Å². The van der Waals surface area contributed by atoms with E-state index in [2.05, 4.69) is 43.7 Å². The monoisotopic (exact) mass is 556 g/mol. The molecular weight excluding hydrogens is 545 g/mol. The summed E-state index contributed by atoms with van der Waals surface area (Å²) in [6, 6.07) is 9.59. The summed E-state index contributed by atoms with van der Waals surface area (Å²) in [7, 11) is 0. The van der Waals surface area contributed by atoms with Crippen molar-refractivity contribution in [3.8, 4) is 11.8 Å². The van der Waals surface area contributed by atoms with Crippen LogP contribution in [0.5, 0.6) is 0 Å². The molecule has 0 fully saturated rings. The first-order chi connectivity index (χ1) is 10.6. The van der Waals surface area contributed by atoms with Crippen molar-refractivity contribution in [2.24, 2.45) is 0 Å². The van der Waals surface area contributed by atoms with Crippen LogP contribution in [0, 0.1) is 27.0 Å². The van der Waals surface area contributed by atoms with Gasteiger partial charge >= 0.3 is 0 Å². The van der Waals surface area contributed by atoms with E-state index in [-0.39, 0.29) is 11.4 Å². The minimum absolute atomic E-state index is 0.176. The first-order valence-electron chi connectivity index (χ1n) is 6.39. The Balaban J connectivity index is 0.000000253. The van der Waals surface area contributed by atoms with Crippen LogP contribution in [0.15, 0.2) is 45.3 Å². The molecule has 2 aromatic carbocycles. The molecule has 0 aliphatic heterocycles. The summed E-state index contributed by atoms with van der Waals surface area (Å²) >= 11 is 8.25. The average Bonchev–Trinajstić information content (AvgIpc) is 2.42. The molecule has 23 heavy (non-hydrogen) atoms. The van der Waals surface area contributed by atoms with E-state index in [1.54, 1.807) is 32.0 Å². The fourth-order valence-electron chi connectivity index (χ4n) is 1.28. The fourth-order valence-corrected chi connectivity index (χ4v) is 2.28. The lowest BCUT2D eigenvalue weighted by Crippen LogP contribution is -2.14. The van der Waals surface area contributed by atoms with Gasteiger partial charge in [-0.15, -0.1) is 0 Å². The van der Waals surface area contributed by atoms with Crippen molar-refractivity contribution in [1.29, 1.82) is 0 Å². The van der Waals surface area contributed by atoms with E-state index in [0.717, 1.165) is 4.47 Å². The second-order valence-corrected chi connectivity index (χ2v) is 7.99. The molecule has 0 radical (unpaired) electrons. The molecule has 1 nitrogen and oxygen atoms in total. The van der Waals surface area contributed by atoms with Crippen molar-refractivity contribution < 1.29 is 13.9 Å². The lowest BCUT2D eigenvalue weighted by atomic mass is 10.1. The zero-order valence-electron chi connectivity index (χ0n) is 12.3. The van der Waals surface area contributed by atoms with E-state index in [1.807, 2.05) is 28.7 Å². The van der Waals surface area contributed by atoms with Gasteiger partial charge in [-0.25, -0.2) is 8.78 Å². The van der Waals surface area contributed by atoms with Crippen molar-refractivity contribution in [3.05, 3.63) is 66.1 Å². The Morgan fingerprint density at radius 2 is 1.52 bits per heavy atom. The van der Waals surface area contributed by atoms with E-state index in [9.17, 15) is 13.9 Å². The maximum Gasteiger partial charge on any atom is 0.139 e. The standard InChI is InChI=1S/C11H10BrFO.C6H3BrFI/c1-11(2,14)6-5-8-3-4-9(12)7-10(8)13;7-4-1-2-6(9)5(8)3-4/h3-4,7,14H,1-2H3;1-3H. The Hall–Kier alpha value is -0.490. The summed E-state index contributed by atoms with van der Waals surface area (Å²) in [6.07, 6.45) is 0. The van der Waals surface area contributed by atoms with Crippen molar-refractivity contribution in [2.75, 3.05) is 0 Å². The zero-order chi connectivity index (χ0) is 17.6. The van der Waals surface area contributed by atoms with Gasteiger partial charge in [-0.1, -0.05) is 43.7 Å². The molecule has 6 heteroatoms. The number of hydrogen-bond acceptors (Lipinski definition) is 1. The van der Waals surface area contributed by atoms with E-state index in [1.165, 1.54) is 12.1 Å². The van der Waals surface area contributed by atoms with Crippen LogP contribution in [0.1, 0.15) is 19.4 Å².